The fourth-order valence-corrected chi connectivity index (χ4v) is 4.89. The molecule has 1 fully saturated rings. The number of aryl methyl sites for hydroxylation is 1. The van der Waals surface area contributed by atoms with Gasteiger partial charge >= 0.3 is 0 Å². The molecule has 3 rings (SSSR count). The van der Waals surface area contributed by atoms with Gasteiger partial charge < -0.3 is 14.4 Å². The molecule has 180 valence electrons. The Morgan fingerprint density at radius 1 is 1.03 bits per heavy atom. The van der Waals surface area contributed by atoms with Gasteiger partial charge in [-0.1, -0.05) is 18.2 Å². The Morgan fingerprint density at radius 2 is 1.79 bits per heavy atom. The van der Waals surface area contributed by atoms with Gasteiger partial charge in [-0.3, -0.25) is 9.69 Å². The number of ether oxygens (including phenoxy) is 2. The van der Waals surface area contributed by atoms with Crippen molar-refractivity contribution in [2.24, 2.45) is 0 Å². The van der Waals surface area contributed by atoms with Crippen LogP contribution in [0.1, 0.15) is 27.9 Å². The van der Waals surface area contributed by atoms with Crippen LogP contribution in [-0.2, 0) is 21.3 Å². The Hall–Kier alpha value is -2.46. The maximum absolute atomic E-state index is 13.3. The predicted octanol–water partition coefficient (Wildman–Crippen LogP) is 2.28. The fourth-order valence-electron chi connectivity index (χ4n) is 3.85. The number of hydrogen-bond donors (Lipinski definition) is 1. The number of amides is 1. The molecule has 0 unspecified atom stereocenters. The highest BCUT2D eigenvalue weighted by Crippen LogP contribution is 2.19. The van der Waals surface area contributed by atoms with E-state index in [1.807, 2.05) is 24.0 Å². The zero-order chi connectivity index (χ0) is 23.8. The van der Waals surface area contributed by atoms with Crippen molar-refractivity contribution >= 4 is 15.9 Å². The average molecular weight is 476 g/mol. The summed E-state index contributed by atoms with van der Waals surface area (Å²) in [6.45, 7) is 5.98. The molecule has 0 aromatic heterocycles. The predicted molar refractivity (Wildman–Crippen MR) is 127 cm³/mol. The number of hydrogen-bond acceptors (Lipinski definition) is 6. The standard InChI is InChI=1S/C24H33N3O5S/c1-19-5-10-22(33(29,30)25-11-16-31-2)17-23(19)24(28)27-13-4-12-26(14-15-27)18-20-6-8-21(32-3)9-7-20/h5-10,17,25H,4,11-16,18H2,1-3H3. The van der Waals surface area contributed by atoms with Crippen LogP contribution in [0.5, 0.6) is 5.75 Å². The topological polar surface area (TPSA) is 88.2 Å². The molecule has 0 spiro atoms. The van der Waals surface area contributed by atoms with Crippen molar-refractivity contribution < 1.29 is 22.7 Å². The van der Waals surface area contributed by atoms with E-state index in [4.69, 9.17) is 9.47 Å². The lowest BCUT2D eigenvalue weighted by molar-refractivity contribution is 0.0760. The summed E-state index contributed by atoms with van der Waals surface area (Å²) >= 11 is 0. The SMILES string of the molecule is COCCNS(=O)(=O)c1ccc(C)c(C(=O)N2CCCN(Cc3ccc(OC)cc3)CC2)c1. The number of sulfonamides is 1. The van der Waals surface area contributed by atoms with Crippen molar-refractivity contribution in [3.63, 3.8) is 0 Å². The summed E-state index contributed by atoms with van der Waals surface area (Å²) in [4.78, 5) is 17.6. The third kappa shape index (κ3) is 6.77. The molecule has 9 heteroatoms. The van der Waals surface area contributed by atoms with Crippen molar-refractivity contribution in [2.45, 2.75) is 24.8 Å². The Bertz CT molecular complexity index is 1040. The van der Waals surface area contributed by atoms with E-state index in [-0.39, 0.29) is 24.0 Å². The largest absolute Gasteiger partial charge is 0.497 e. The van der Waals surface area contributed by atoms with Crippen molar-refractivity contribution in [2.75, 3.05) is 53.6 Å². The first-order chi connectivity index (χ1) is 15.8. The number of methoxy groups -OCH3 is 2. The van der Waals surface area contributed by atoms with Crippen LogP contribution in [0.15, 0.2) is 47.4 Å². The monoisotopic (exact) mass is 475 g/mol. The van der Waals surface area contributed by atoms with E-state index in [2.05, 4.69) is 21.8 Å². The molecule has 0 bridgehead atoms. The fraction of sp³-hybridized carbons (Fsp3) is 0.458. The highest BCUT2D eigenvalue weighted by atomic mass is 32.2. The average Bonchev–Trinajstić information content (AvgIpc) is 3.05. The lowest BCUT2D eigenvalue weighted by atomic mass is 10.1. The van der Waals surface area contributed by atoms with Crippen LogP contribution >= 0.6 is 0 Å². The van der Waals surface area contributed by atoms with E-state index in [1.54, 1.807) is 13.2 Å². The molecule has 1 amide bonds. The van der Waals surface area contributed by atoms with Gasteiger partial charge in [0.2, 0.25) is 10.0 Å². The summed E-state index contributed by atoms with van der Waals surface area (Å²) < 4.78 is 37.8. The molecule has 0 aliphatic carbocycles. The van der Waals surface area contributed by atoms with Crippen LogP contribution < -0.4 is 9.46 Å². The van der Waals surface area contributed by atoms with Crippen molar-refractivity contribution in [1.82, 2.24) is 14.5 Å². The zero-order valence-electron chi connectivity index (χ0n) is 19.5. The van der Waals surface area contributed by atoms with Gasteiger partial charge in [0.25, 0.3) is 5.91 Å². The van der Waals surface area contributed by atoms with E-state index < -0.39 is 10.0 Å². The minimum Gasteiger partial charge on any atom is -0.497 e. The van der Waals surface area contributed by atoms with E-state index >= 15 is 0 Å². The quantitative estimate of drug-likeness (QED) is 0.560. The molecule has 1 N–H and O–H groups in total. The molecular formula is C24H33N3O5S. The maximum atomic E-state index is 13.3. The lowest BCUT2D eigenvalue weighted by Gasteiger charge is -2.23. The molecule has 1 saturated heterocycles. The first-order valence-electron chi connectivity index (χ1n) is 11.1. The van der Waals surface area contributed by atoms with Gasteiger partial charge in [-0.15, -0.1) is 0 Å². The van der Waals surface area contributed by atoms with Crippen LogP contribution in [0, 0.1) is 6.92 Å². The molecule has 33 heavy (non-hydrogen) atoms. The Balaban J connectivity index is 1.67. The van der Waals surface area contributed by atoms with E-state index in [0.717, 1.165) is 37.4 Å². The minimum absolute atomic E-state index is 0.0866. The van der Waals surface area contributed by atoms with Crippen LogP contribution in [0.4, 0.5) is 0 Å². The molecular weight excluding hydrogens is 442 g/mol. The summed E-state index contributed by atoms with van der Waals surface area (Å²) in [5.41, 5.74) is 2.38. The van der Waals surface area contributed by atoms with Crippen LogP contribution in [-0.4, -0.2) is 77.7 Å². The van der Waals surface area contributed by atoms with Crippen LogP contribution in [0.25, 0.3) is 0 Å². The number of nitrogens with zero attached hydrogens (tertiary/aromatic N) is 2. The van der Waals surface area contributed by atoms with Gasteiger partial charge in [-0.25, -0.2) is 13.1 Å². The minimum atomic E-state index is -3.71. The van der Waals surface area contributed by atoms with E-state index in [1.165, 1.54) is 24.8 Å². The molecule has 0 radical (unpaired) electrons. The summed E-state index contributed by atoms with van der Waals surface area (Å²) in [6.07, 6.45) is 0.859. The van der Waals surface area contributed by atoms with Gasteiger partial charge in [0.05, 0.1) is 18.6 Å². The highest BCUT2D eigenvalue weighted by molar-refractivity contribution is 7.89. The number of carbonyl (C=O) groups excluding carboxylic acids is 1. The van der Waals surface area contributed by atoms with Gasteiger partial charge in [0, 0.05) is 51.9 Å². The molecule has 0 saturated carbocycles. The number of carbonyl (C=O) groups is 1. The summed E-state index contributed by atoms with van der Waals surface area (Å²) in [6, 6.07) is 12.7. The molecule has 1 aliphatic heterocycles. The van der Waals surface area contributed by atoms with Gasteiger partial charge in [-0.05, 0) is 48.7 Å². The van der Waals surface area contributed by atoms with Crippen molar-refractivity contribution in [3.05, 3.63) is 59.2 Å². The third-order valence-corrected chi connectivity index (χ3v) is 7.25. The Labute approximate surface area is 196 Å². The highest BCUT2D eigenvalue weighted by Gasteiger charge is 2.24. The summed E-state index contributed by atoms with van der Waals surface area (Å²) in [5, 5.41) is 0. The normalized spacial score (nSPS) is 15.3. The summed E-state index contributed by atoms with van der Waals surface area (Å²) in [7, 11) is -0.546. The third-order valence-electron chi connectivity index (χ3n) is 5.79. The van der Waals surface area contributed by atoms with Crippen molar-refractivity contribution in [1.29, 1.82) is 0 Å². The number of benzene rings is 2. The molecule has 2 aromatic carbocycles. The smallest absolute Gasteiger partial charge is 0.254 e. The lowest BCUT2D eigenvalue weighted by Crippen LogP contribution is -2.35. The van der Waals surface area contributed by atoms with Gasteiger partial charge in [0.15, 0.2) is 0 Å². The second kappa shape index (κ2) is 11.6. The Morgan fingerprint density at radius 3 is 2.48 bits per heavy atom. The van der Waals surface area contributed by atoms with Gasteiger partial charge in [0.1, 0.15) is 5.75 Å². The maximum Gasteiger partial charge on any atom is 0.254 e. The van der Waals surface area contributed by atoms with Crippen molar-refractivity contribution in [3.8, 4) is 5.75 Å². The number of nitrogens with one attached hydrogen (secondary N) is 1. The van der Waals surface area contributed by atoms with E-state index in [0.29, 0.717) is 18.7 Å². The molecule has 2 aromatic rings. The zero-order valence-corrected chi connectivity index (χ0v) is 20.4. The molecule has 8 nitrogen and oxygen atoms in total. The summed E-state index contributed by atoms with van der Waals surface area (Å²) in [5.74, 6) is 0.702. The van der Waals surface area contributed by atoms with E-state index in [9.17, 15) is 13.2 Å². The van der Waals surface area contributed by atoms with Gasteiger partial charge in [-0.2, -0.15) is 0 Å². The van der Waals surface area contributed by atoms with Crippen LogP contribution in [0.3, 0.4) is 0 Å². The van der Waals surface area contributed by atoms with Crippen LogP contribution in [0.2, 0.25) is 0 Å². The first kappa shape index (κ1) is 25.2. The molecule has 1 aliphatic rings. The second-order valence-electron chi connectivity index (χ2n) is 8.14. The first-order valence-corrected chi connectivity index (χ1v) is 12.6. The molecule has 1 heterocycles. The molecule has 0 atom stereocenters. The number of rotatable bonds is 9. The second-order valence-corrected chi connectivity index (χ2v) is 9.90. The Kier molecular flexibility index (Phi) is 8.85.